The van der Waals surface area contributed by atoms with Crippen LogP contribution in [0.1, 0.15) is 17.3 Å². The van der Waals surface area contributed by atoms with Gasteiger partial charge >= 0.3 is 5.97 Å². The molecule has 0 aliphatic rings. The molecule has 16 heavy (non-hydrogen) atoms. The Morgan fingerprint density at radius 2 is 1.88 bits per heavy atom. The summed E-state index contributed by atoms with van der Waals surface area (Å²) in [5.41, 5.74) is 0.414. The largest absolute Gasteiger partial charge is 0.478 e. The van der Waals surface area contributed by atoms with E-state index in [1.165, 1.54) is 24.3 Å². The molecule has 0 heterocycles. The first-order chi connectivity index (χ1) is 7.44. The quantitative estimate of drug-likeness (QED) is 0.708. The molecule has 0 saturated carbocycles. The Hall–Kier alpha value is -1.60. The highest BCUT2D eigenvalue weighted by Crippen LogP contribution is 2.10. The fourth-order valence-electron chi connectivity index (χ4n) is 1.06. The minimum Gasteiger partial charge on any atom is -0.478 e. The lowest BCUT2D eigenvalue weighted by Gasteiger charge is -2.07. The fourth-order valence-corrected chi connectivity index (χ4v) is 1.96. The molecule has 0 aliphatic carbocycles. The van der Waals surface area contributed by atoms with Crippen molar-refractivity contribution in [3.05, 3.63) is 29.8 Å². The molecule has 6 nitrogen and oxygen atoms in total. The molecule has 0 aliphatic heterocycles. The topological polar surface area (TPSA) is 95.5 Å². The van der Waals surface area contributed by atoms with Crippen molar-refractivity contribution in [3.63, 3.8) is 0 Å². The molecule has 0 unspecified atom stereocenters. The van der Waals surface area contributed by atoms with E-state index in [4.69, 9.17) is 5.11 Å². The van der Waals surface area contributed by atoms with E-state index in [-0.39, 0.29) is 12.1 Å². The zero-order valence-corrected chi connectivity index (χ0v) is 9.41. The van der Waals surface area contributed by atoms with Crippen molar-refractivity contribution in [2.24, 2.45) is 0 Å². The summed E-state index contributed by atoms with van der Waals surface area (Å²) >= 11 is 0. The third kappa shape index (κ3) is 3.52. The van der Waals surface area contributed by atoms with Crippen LogP contribution in [0.25, 0.3) is 0 Å². The van der Waals surface area contributed by atoms with Gasteiger partial charge in [-0.3, -0.25) is 4.72 Å². The lowest BCUT2D eigenvalue weighted by Crippen LogP contribution is -2.29. The first-order valence-electron chi connectivity index (χ1n) is 4.55. The predicted octanol–water partition coefficient (Wildman–Crippen LogP) is 0.651. The molecular weight excluding hydrogens is 232 g/mol. The molecule has 0 radical (unpaired) electrons. The fraction of sp³-hybridized carbons (Fsp3) is 0.222. The Kier molecular flexibility index (Phi) is 3.86. The zero-order valence-electron chi connectivity index (χ0n) is 8.60. The summed E-state index contributed by atoms with van der Waals surface area (Å²) in [5.74, 6) is -1.05. The van der Waals surface area contributed by atoms with E-state index in [0.717, 1.165) is 0 Å². The van der Waals surface area contributed by atoms with Crippen molar-refractivity contribution in [3.8, 4) is 0 Å². The van der Waals surface area contributed by atoms with Crippen molar-refractivity contribution >= 4 is 21.9 Å². The molecule has 1 aromatic rings. The van der Waals surface area contributed by atoms with E-state index in [0.29, 0.717) is 5.69 Å². The van der Waals surface area contributed by atoms with Crippen LogP contribution in [0.15, 0.2) is 24.3 Å². The second kappa shape index (κ2) is 4.95. The average molecular weight is 244 g/mol. The number of carbonyl (C=O) groups is 1. The normalized spacial score (nSPS) is 11.1. The monoisotopic (exact) mass is 244 g/mol. The number of aromatic carboxylic acids is 1. The van der Waals surface area contributed by atoms with Gasteiger partial charge in [-0.2, -0.15) is 13.1 Å². The Bertz CT molecular complexity index is 467. The summed E-state index contributed by atoms with van der Waals surface area (Å²) in [6.45, 7) is 1.94. The van der Waals surface area contributed by atoms with E-state index < -0.39 is 16.2 Å². The van der Waals surface area contributed by atoms with Crippen molar-refractivity contribution in [2.75, 3.05) is 11.3 Å². The first kappa shape index (κ1) is 12.5. The van der Waals surface area contributed by atoms with Crippen molar-refractivity contribution in [1.82, 2.24) is 4.72 Å². The van der Waals surface area contributed by atoms with Gasteiger partial charge in [0.05, 0.1) is 5.56 Å². The number of hydrogen-bond donors (Lipinski definition) is 3. The van der Waals surface area contributed by atoms with E-state index in [1.54, 1.807) is 6.92 Å². The molecule has 3 N–H and O–H groups in total. The van der Waals surface area contributed by atoms with E-state index >= 15 is 0 Å². The van der Waals surface area contributed by atoms with Crippen LogP contribution in [0.2, 0.25) is 0 Å². The standard InChI is InChI=1S/C9H12N2O4S/c1-2-10-16(14,15)11-8-5-3-7(4-6-8)9(12)13/h3-6,10-11H,2H2,1H3,(H,12,13). The molecule has 1 rings (SSSR count). The summed E-state index contributed by atoms with van der Waals surface area (Å²) in [5, 5.41) is 8.64. The highest BCUT2D eigenvalue weighted by atomic mass is 32.2. The van der Waals surface area contributed by atoms with E-state index in [2.05, 4.69) is 9.44 Å². The van der Waals surface area contributed by atoms with Crippen molar-refractivity contribution < 1.29 is 18.3 Å². The zero-order chi connectivity index (χ0) is 12.2. The molecule has 0 bridgehead atoms. The minimum atomic E-state index is -3.57. The van der Waals surface area contributed by atoms with Crippen LogP contribution in [0.5, 0.6) is 0 Å². The number of carboxylic acid groups (broad SMARTS) is 1. The van der Waals surface area contributed by atoms with Gasteiger partial charge in [-0.05, 0) is 24.3 Å². The van der Waals surface area contributed by atoms with Gasteiger partial charge in [-0.1, -0.05) is 6.92 Å². The number of hydrogen-bond acceptors (Lipinski definition) is 3. The van der Waals surface area contributed by atoms with Gasteiger partial charge in [0.2, 0.25) is 0 Å². The molecular formula is C9H12N2O4S. The summed E-state index contributed by atoms with van der Waals surface area (Å²) in [6, 6.07) is 5.43. The van der Waals surface area contributed by atoms with Gasteiger partial charge in [0.1, 0.15) is 0 Å². The summed E-state index contributed by atoms with van der Waals surface area (Å²) < 4.78 is 27.1. The summed E-state index contributed by atoms with van der Waals surface area (Å²) in [4.78, 5) is 10.5. The number of nitrogens with one attached hydrogen (secondary N) is 2. The van der Waals surface area contributed by atoms with Crippen LogP contribution >= 0.6 is 0 Å². The van der Waals surface area contributed by atoms with Gasteiger partial charge < -0.3 is 5.11 Å². The molecule has 88 valence electrons. The minimum absolute atomic E-state index is 0.103. The summed E-state index contributed by atoms with van der Waals surface area (Å²) in [7, 11) is -3.57. The maximum atomic E-state index is 11.3. The number of anilines is 1. The molecule has 0 fully saturated rings. The summed E-state index contributed by atoms with van der Waals surface area (Å²) in [6.07, 6.45) is 0. The van der Waals surface area contributed by atoms with Crippen LogP contribution in [-0.2, 0) is 10.2 Å². The maximum absolute atomic E-state index is 11.3. The number of benzene rings is 1. The third-order valence-corrected chi connectivity index (χ3v) is 2.89. The molecule has 0 aromatic heterocycles. The Morgan fingerprint density at radius 1 is 1.31 bits per heavy atom. The second-order valence-electron chi connectivity index (χ2n) is 2.99. The van der Waals surface area contributed by atoms with Crippen LogP contribution in [0.4, 0.5) is 5.69 Å². The lowest BCUT2D eigenvalue weighted by atomic mass is 10.2. The Labute approximate surface area is 93.5 Å². The highest BCUT2D eigenvalue weighted by molar-refractivity contribution is 7.90. The molecule has 0 amide bonds. The Morgan fingerprint density at radius 3 is 2.31 bits per heavy atom. The van der Waals surface area contributed by atoms with E-state index in [1.807, 2.05) is 0 Å². The first-order valence-corrected chi connectivity index (χ1v) is 6.03. The molecule has 0 saturated heterocycles. The van der Waals surface area contributed by atoms with Crippen molar-refractivity contribution in [2.45, 2.75) is 6.92 Å². The van der Waals surface area contributed by atoms with E-state index in [9.17, 15) is 13.2 Å². The second-order valence-corrected chi connectivity index (χ2v) is 4.49. The van der Waals surface area contributed by atoms with Gasteiger partial charge in [-0.15, -0.1) is 0 Å². The van der Waals surface area contributed by atoms with Crippen LogP contribution in [-0.4, -0.2) is 26.0 Å². The molecule has 0 spiro atoms. The maximum Gasteiger partial charge on any atom is 0.335 e. The van der Waals surface area contributed by atoms with Gasteiger partial charge in [0, 0.05) is 12.2 Å². The van der Waals surface area contributed by atoms with Gasteiger partial charge in [0.15, 0.2) is 0 Å². The van der Waals surface area contributed by atoms with Gasteiger partial charge in [0.25, 0.3) is 10.2 Å². The highest BCUT2D eigenvalue weighted by Gasteiger charge is 2.08. The van der Waals surface area contributed by atoms with Crippen LogP contribution in [0, 0.1) is 0 Å². The van der Waals surface area contributed by atoms with Gasteiger partial charge in [-0.25, -0.2) is 4.79 Å². The number of carboxylic acids is 1. The Balaban J connectivity index is 2.80. The van der Waals surface area contributed by atoms with Crippen molar-refractivity contribution in [1.29, 1.82) is 0 Å². The average Bonchev–Trinajstić information content (AvgIpc) is 2.17. The lowest BCUT2D eigenvalue weighted by molar-refractivity contribution is 0.0697. The van der Waals surface area contributed by atoms with Crippen LogP contribution < -0.4 is 9.44 Å². The SMILES string of the molecule is CCNS(=O)(=O)Nc1ccc(C(=O)O)cc1. The third-order valence-electron chi connectivity index (χ3n) is 1.72. The predicted molar refractivity (Wildman–Crippen MR) is 59.6 cm³/mol. The van der Waals surface area contributed by atoms with Crippen LogP contribution in [0.3, 0.4) is 0 Å². The smallest absolute Gasteiger partial charge is 0.335 e. The number of rotatable bonds is 5. The molecule has 0 atom stereocenters. The molecule has 7 heteroatoms. The molecule has 1 aromatic carbocycles.